The van der Waals surface area contributed by atoms with Crippen LogP contribution in [0.5, 0.6) is 17.2 Å². The van der Waals surface area contributed by atoms with E-state index >= 15 is 0 Å². The lowest BCUT2D eigenvalue weighted by molar-refractivity contribution is 0.317. The molecule has 0 aliphatic heterocycles. The molecule has 0 spiro atoms. The molecule has 0 saturated carbocycles. The van der Waals surface area contributed by atoms with Crippen molar-refractivity contribution in [2.24, 2.45) is 5.10 Å². The molecule has 0 aliphatic rings. The molecule has 3 rings (SSSR count). The first-order valence-electron chi connectivity index (χ1n) is 8.93. The maximum absolute atomic E-state index is 5.64. The van der Waals surface area contributed by atoms with Gasteiger partial charge in [-0.3, -0.25) is 5.43 Å². The van der Waals surface area contributed by atoms with Crippen molar-refractivity contribution in [3.63, 3.8) is 0 Å². The Morgan fingerprint density at radius 3 is 2.79 bits per heavy atom. The molecule has 6 nitrogen and oxygen atoms in total. The number of hydrazone groups is 1. The Kier molecular flexibility index (Phi) is 6.86. The van der Waals surface area contributed by atoms with Crippen LogP contribution in [-0.2, 0) is 0 Å². The fourth-order valence-corrected chi connectivity index (χ4v) is 3.18. The summed E-state index contributed by atoms with van der Waals surface area (Å²) < 4.78 is 16.3. The summed E-state index contributed by atoms with van der Waals surface area (Å²) in [5.41, 5.74) is 5.65. The van der Waals surface area contributed by atoms with Crippen molar-refractivity contribution in [3.05, 3.63) is 53.4 Å². The number of nitrogens with zero attached hydrogens (tertiary/aromatic N) is 2. The third kappa shape index (κ3) is 5.01. The predicted molar refractivity (Wildman–Crippen MR) is 114 cm³/mol. The number of hydrogen-bond acceptors (Lipinski definition) is 7. The van der Waals surface area contributed by atoms with Gasteiger partial charge in [0.25, 0.3) is 0 Å². The normalized spacial score (nSPS) is 10.8. The number of ether oxygens (including phenoxy) is 3. The zero-order chi connectivity index (χ0) is 19.8. The van der Waals surface area contributed by atoms with Gasteiger partial charge in [-0.1, -0.05) is 19.1 Å². The topological polar surface area (TPSA) is 65.0 Å². The Labute approximate surface area is 168 Å². The van der Waals surface area contributed by atoms with Crippen molar-refractivity contribution in [3.8, 4) is 28.5 Å². The number of nitrogens with one attached hydrogen (secondary N) is 1. The molecular formula is C21H23N3O3S. The Balaban J connectivity index is 1.68. The molecule has 0 aliphatic carbocycles. The van der Waals surface area contributed by atoms with Crippen LogP contribution in [0.15, 0.2) is 52.9 Å². The van der Waals surface area contributed by atoms with E-state index in [1.165, 1.54) is 11.3 Å². The highest BCUT2D eigenvalue weighted by Gasteiger charge is 2.11. The summed E-state index contributed by atoms with van der Waals surface area (Å²) in [6.07, 6.45) is 2.72. The van der Waals surface area contributed by atoms with E-state index in [-0.39, 0.29) is 0 Å². The second-order valence-electron chi connectivity index (χ2n) is 5.90. The lowest BCUT2D eigenvalue weighted by Gasteiger charge is -2.08. The van der Waals surface area contributed by atoms with Gasteiger partial charge in [-0.2, -0.15) is 5.10 Å². The molecule has 0 atom stereocenters. The van der Waals surface area contributed by atoms with Gasteiger partial charge in [0.1, 0.15) is 17.2 Å². The number of hydrogen-bond donors (Lipinski definition) is 1. The maximum atomic E-state index is 5.64. The Bertz CT molecular complexity index is 940. The van der Waals surface area contributed by atoms with Crippen LogP contribution in [0.2, 0.25) is 0 Å². The van der Waals surface area contributed by atoms with Crippen LogP contribution >= 0.6 is 11.3 Å². The van der Waals surface area contributed by atoms with Gasteiger partial charge in [-0.05, 0) is 36.2 Å². The molecule has 3 aromatic rings. The summed E-state index contributed by atoms with van der Waals surface area (Å²) in [5.74, 6) is 2.29. The van der Waals surface area contributed by atoms with E-state index in [0.717, 1.165) is 34.7 Å². The summed E-state index contributed by atoms with van der Waals surface area (Å²) in [5, 5.41) is 6.93. The smallest absolute Gasteiger partial charge is 0.203 e. The molecule has 0 bridgehead atoms. The fraction of sp³-hybridized carbons (Fsp3) is 0.238. The van der Waals surface area contributed by atoms with Crippen LogP contribution in [0.4, 0.5) is 5.13 Å². The van der Waals surface area contributed by atoms with E-state index < -0.39 is 0 Å². The second kappa shape index (κ2) is 9.75. The standard InChI is InChI=1S/C21H23N3O3S/c1-4-10-27-17-7-5-6-15(11-17)13-22-24-21-23-19(14-28-21)18-9-8-16(25-2)12-20(18)26-3/h5-9,11-14H,4,10H2,1-3H3,(H,23,24)/b22-13-. The molecule has 0 radical (unpaired) electrons. The Hall–Kier alpha value is -3.06. The first kappa shape index (κ1) is 19.7. The Morgan fingerprint density at radius 1 is 1.11 bits per heavy atom. The average Bonchev–Trinajstić information content (AvgIpc) is 3.20. The van der Waals surface area contributed by atoms with E-state index in [0.29, 0.717) is 17.5 Å². The van der Waals surface area contributed by atoms with Crippen molar-refractivity contribution in [2.45, 2.75) is 13.3 Å². The fourth-order valence-electron chi connectivity index (χ4n) is 2.53. The van der Waals surface area contributed by atoms with Crippen LogP contribution in [0, 0.1) is 0 Å². The van der Waals surface area contributed by atoms with Gasteiger partial charge in [-0.25, -0.2) is 4.98 Å². The van der Waals surface area contributed by atoms with E-state index in [9.17, 15) is 0 Å². The van der Waals surface area contributed by atoms with Crippen LogP contribution in [-0.4, -0.2) is 32.0 Å². The summed E-state index contributed by atoms with van der Waals surface area (Å²) in [6, 6.07) is 13.5. The number of anilines is 1. The number of aromatic nitrogens is 1. The van der Waals surface area contributed by atoms with Gasteiger partial charge in [-0.15, -0.1) is 11.3 Å². The lowest BCUT2D eigenvalue weighted by Crippen LogP contribution is -1.96. The van der Waals surface area contributed by atoms with E-state index in [1.807, 2.05) is 47.8 Å². The largest absolute Gasteiger partial charge is 0.497 e. The van der Waals surface area contributed by atoms with Gasteiger partial charge in [0.05, 0.1) is 32.7 Å². The van der Waals surface area contributed by atoms with Crippen molar-refractivity contribution >= 4 is 22.7 Å². The molecule has 0 saturated heterocycles. The molecule has 28 heavy (non-hydrogen) atoms. The van der Waals surface area contributed by atoms with Crippen molar-refractivity contribution < 1.29 is 14.2 Å². The highest BCUT2D eigenvalue weighted by atomic mass is 32.1. The molecule has 1 heterocycles. The molecule has 0 amide bonds. The summed E-state index contributed by atoms with van der Waals surface area (Å²) >= 11 is 1.48. The van der Waals surface area contributed by atoms with Crippen molar-refractivity contribution in [2.75, 3.05) is 26.3 Å². The predicted octanol–water partition coefficient (Wildman–Crippen LogP) is 5.06. The highest BCUT2D eigenvalue weighted by molar-refractivity contribution is 7.14. The van der Waals surface area contributed by atoms with Gasteiger partial charge in [0.2, 0.25) is 5.13 Å². The van der Waals surface area contributed by atoms with Crippen LogP contribution in [0.3, 0.4) is 0 Å². The summed E-state index contributed by atoms with van der Waals surface area (Å²) in [4.78, 5) is 4.58. The minimum atomic E-state index is 0.697. The third-order valence-corrected chi connectivity index (χ3v) is 4.64. The van der Waals surface area contributed by atoms with Crippen LogP contribution in [0.1, 0.15) is 18.9 Å². The maximum Gasteiger partial charge on any atom is 0.203 e. The number of benzene rings is 2. The molecule has 146 valence electrons. The molecule has 0 unspecified atom stereocenters. The van der Waals surface area contributed by atoms with Crippen molar-refractivity contribution in [1.29, 1.82) is 0 Å². The second-order valence-corrected chi connectivity index (χ2v) is 6.75. The number of rotatable bonds is 9. The van der Waals surface area contributed by atoms with Crippen LogP contribution < -0.4 is 19.6 Å². The minimum absolute atomic E-state index is 0.697. The third-order valence-electron chi connectivity index (χ3n) is 3.89. The van der Waals surface area contributed by atoms with Crippen LogP contribution in [0.25, 0.3) is 11.3 Å². The molecule has 1 N–H and O–H groups in total. The molecular weight excluding hydrogens is 374 g/mol. The van der Waals surface area contributed by atoms with Gasteiger partial charge >= 0.3 is 0 Å². The van der Waals surface area contributed by atoms with E-state index in [4.69, 9.17) is 14.2 Å². The van der Waals surface area contributed by atoms with Gasteiger partial charge in [0, 0.05) is 17.0 Å². The van der Waals surface area contributed by atoms with E-state index in [1.54, 1.807) is 20.4 Å². The summed E-state index contributed by atoms with van der Waals surface area (Å²) in [7, 11) is 3.26. The van der Waals surface area contributed by atoms with Gasteiger partial charge < -0.3 is 14.2 Å². The lowest BCUT2D eigenvalue weighted by atomic mass is 10.1. The molecule has 7 heteroatoms. The molecule has 1 aromatic heterocycles. The zero-order valence-electron chi connectivity index (χ0n) is 16.1. The highest BCUT2D eigenvalue weighted by Crippen LogP contribution is 2.34. The zero-order valence-corrected chi connectivity index (χ0v) is 17.0. The quantitative estimate of drug-likeness (QED) is 0.404. The van der Waals surface area contributed by atoms with Crippen molar-refractivity contribution in [1.82, 2.24) is 4.98 Å². The number of thiazole rings is 1. The summed E-state index contributed by atoms with van der Waals surface area (Å²) in [6.45, 7) is 2.79. The average molecular weight is 398 g/mol. The first-order chi connectivity index (χ1) is 13.7. The number of methoxy groups -OCH3 is 2. The Morgan fingerprint density at radius 2 is 2.00 bits per heavy atom. The monoisotopic (exact) mass is 397 g/mol. The SMILES string of the molecule is CCCOc1cccc(/C=N\Nc2nc(-c3ccc(OC)cc3OC)cs2)c1. The molecule has 2 aromatic carbocycles. The first-order valence-corrected chi connectivity index (χ1v) is 9.81. The van der Waals surface area contributed by atoms with E-state index in [2.05, 4.69) is 22.4 Å². The van der Waals surface area contributed by atoms with Gasteiger partial charge in [0.15, 0.2) is 0 Å². The molecule has 0 fully saturated rings. The minimum Gasteiger partial charge on any atom is -0.497 e.